The zero-order chi connectivity index (χ0) is 28.8. The number of benzene rings is 1. The molecule has 0 bridgehead atoms. The number of likely N-dealkylation sites (N-methyl/N-ethyl adjacent to an activating group) is 1. The van der Waals surface area contributed by atoms with E-state index in [2.05, 4.69) is 22.8 Å². The lowest BCUT2D eigenvalue weighted by Crippen LogP contribution is -2.56. The van der Waals surface area contributed by atoms with Gasteiger partial charge in [-0.15, -0.1) is 16.4 Å². The number of hydrogen-bond donors (Lipinski definition) is 1. The molecule has 41 heavy (non-hydrogen) atoms. The Hall–Kier alpha value is -3.64. The standard InChI is InChI=1S/C27H30FN9O2S2/c1-4-21-24(34(3)25-31-22(15-40-25)20-6-5-17(28)9-16(20)10-29)37-26(30-21)41-27(32-37)35-8-7-18(11-35)33(2)14-23(39)36-12-19(38)13-36/h5-6,9,15,18-19,38H,4,7-8,11-14H2,1-3H3. The van der Waals surface area contributed by atoms with Crippen LogP contribution < -0.4 is 9.80 Å². The number of hydrogen-bond acceptors (Lipinski definition) is 11. The van der Waals surface area contributed by atoms with Crippen molar-refractivity contribution in [3.63, 3.8) is 0 Å². The summed E-state index contributed by atoms with van der Waals surface area (Å²) in [5.41, 5.74) is 2.35. The number of halogens is 1. The quantitative estimate of drug-likeness (QED) is 0.328. The largest absolute Gasteiger partial charge is 0.389 e. The summed E-state index contributed by atoms with van der Waals surface area (Å²) < 4.78 is 15.5. The first-order valence-corrected chi connectivity index (χ1v) is 15.1. The third kappa shape index (κ3) is 5.14. The van der Waals surface area contributed by atoms with Gasteiger partial charge in [0.2, 0.25) is 16.0 Å². The number of carbonyl (C=O) groups is 1. The Morgan fingerprint density at radius 1 is 1.27 bits per heavy atom. The predicted octanol–water partition coefficient (Wildman–Crippen LogP) is 2.97. The Kier molecular flexibility index (Phi) is 7.37. The minimum absolute atomic E-state index is 0.0531. The molecule has 2 aliphatic rings. The molecule has 2 fully saturated rings. The highest BCUT2D eigenvalue weighted by atomic mass is 32.1. The van der Waals surface area contributed by atoms with E-state index in [9.17, 15) is 19.6 Å². The lowest BCUT2D eigenvalue weighted by atomic mass is 10.1. The van der Waals surface area contributed by atoms with Crippen LogP contribution in [-0.4, -0.2) is 99.4 Å². The summed E-state index contributed by atoms with van der Waals surface area (Å²) in [4.78, 5) is 30.9. The predicted molar refractivity (Wildman–Crippen MR) is 156 cm³/mol. The van der Waals surface area contributed by atoms with Crippen molar-refractivity contribution in [3.05, 3.63) is 40.7 Å². The number of carbonyl (C=O) groups excluding carboxylic acids is 1. The normalized spacial score (nSPS) is 17.4. The van der Waals surface area contributed by atoms with Crippen LogP contribution in [0.15, 0.2) is 23.6 Å². The Morgan fingerprint density at radius 2 is 2.07 bits per heavy atom. The Morgan fingerprint density at radius 3 is 2.80 bits per heavy atom. The van der Waals surface area contributed by atoms with Gasteiger partial charge >= 0.3 is 0 Å². The van der Waals surface area contributed by atoms with Crippen molar-refractivity contribution in [2.75, 3.05) is 56.6 Å². The van der Waals surface area contributed by atoms with Crippen LogP contribution in [-0.2, 0) is 11.2 Å². The molecule has 5 heterocycles. The van der Waals surface area contributed by atoms with Crippen molar-refractivity contribution < 1.29 is 14.3 Å². The average molecular weight is 596 g/mol. The van der Waals surface area contributed by atoms with Gasteiger partial charge in [0.1, 0.15) is 5.82 Å². The molecule has 11 nitrogen and oxygen atoms in total. The van der Waals surface area contributed by atoms with Gasteiger partial charge in [-0.25, -0.2) is 14.4 Å². The third-order valence-electron chi connectivity index (χ3n) is 7.71. The fourth-order valence-corrected chi connectivity index (χ4v) is 7.05. The van der Waals surface area contributed by atoms with Gasteiger partial charge < -0.3 is 19.8 Å². The monoisotopic (exact) mass is 595 g/mol. The van der Waals surface area contributed by atoms with E-state index in [-0.39, 0.29) is 17.5 Å². The Balaban J connectivity index is 1.20. The number of nitriles is 1. The molecule has 1 unspecified atom stereocenters. The second-order valence-electron chi connectivity index (χ2n) is 10.4. The zero-order valence-electron chi connectivity index (χ0n) is 23.0. The second kappa shape index (κ2) is 11.0. The van der Waals surface area contributed by atoms with E-state index in [4.69, 9.17) is 15.1 Å². The molecule has 3 aromatic heterocycles. The van der Waals surface area contributed by atoms with Crippen molar-refractivity contribution >= 4 is 49.6 Å². The van der Waals surface area contributed by atoms with E-state index >= 15 is 0 Å². The number of fused-ring (bicyclic) bond motifs is 1. The van der Waals surface area contributed by atoms with Crippen LogP contribution >= 0.6 is 22.7 Å². The fourth-order valence-electron chi connectivity index (χ4n) is 5.31. The zero-order valence-corrected chi connectivity index (χ0v) is 24.6. The van der Waals surface area contributed by atoms with Gasteiger partial charge in [-0.1, -0.05) is 18.3 Å². The number of anilines is 3. The van der Waals surface area contributed by atoms with E-state index in [1.54, 1.807) is 22.3 Å². The first-order chi connectivity index (χ1) is 19.7. The summed E-state index contributed by atoms with van der Waals surface area (Å²) in [5.74, 6) is 0.432. The summed E-state index contributed by atoms with van der Waals surface area (Å²) in [6, 6.07) is 6.43. The summed E-state index contributed by atoms with van der Waals surface area (Å²) in [5, 5.41) is 27.4. The molecule has 0 radical (unpaired) electrons. The molecule has 4 aromatic rings. The maximum atomic E-state index is 13.7. The van der Waals surface area contributed by atoms with Crippen LogP contribution in [0, 0.1) is 17.1 Å². The highest BCUT2D eigenvalue weighted by molar-refractivity contribution is 7.20. The van der Waals surface area contributed by atoms with Gasteiger partial charge in [0, 0.05) is 50.2 Å². The molecule has 0 spiro atoms. The number of thiazole rings is 1. The van der Waals surface area contributed by atoms with Gasteiger partial charge in [-0.3, -0.25) is 9.69 Å². The molecule has 1 N–H and O–H groups in total. The number of likely N-dealkylation sites (tertiary alicyclic amines) is 1. The summed E-state index contributed by atoms with van der Waals surface area (Å²) in [6.07, 6.45) is 1.26. The molecule has 0 aliphatic carbocycles. The highest BCUT2D eigenvalue weighted by Crippen LogP contribution is 2.37. The average Bonchev–Trinajstić information content (AvgIpc) is 3.73. The maximum Gasteiger partial charge on any atom is 0.236 e. The van der Waals surface area contributed by atoms with E-state index in [0.29, 0.717) is 36.0 Å². The number of aromatic nitrogens is 4. The van der Waals surface area contributed by atoms with Crippen LogP contribution in [0.4, 0.5) is 20.5 Å². The molecule has 0 saturated carbocycles. The first kappa shape index (κ1) is 27.5. The van der Waals surface area contributed by atoms with Crippen molar-refractivity contribution in [1.82, 2.24) is 29.4 Å². The molecule has 214 valence electrons. The minimum atomic E-state index is -0.455. The number of aryl methyl sites for hydroxylation is 1. The van der Waals surface area contributed by atoms with Crippen molar-refractivity contribution in [1.29, 1.82) is 5.26 Å². The van der Waals surface area contributed by atoms with Gasteiger partial charge in [-0.05, 0) is 38.1 Å². The number of rotatable bonds is 8. The Labute approximate surface area is 244 Å². The molecule has 2 aliphatic heterocycles. The molecule has 1 amide bonds. The summed E-state index contributed by atoms with van der Waals surface area (Å²) >= 11 is 2.98. The number of imidazole rings is 1. The van der Waals surface area contributed by atoms with Crippen molar-refractivity contribution in [3.8, 4) is 17.3 Å². The fraction of sp³-hybridized carbons (Fsp3) is 0.444. The van der Waals surface area contributed by atoms with E-state index in [1.807, 2.05) is 28.9 Å². The lowest BCUT2D eigenvalue weighted by molar-refractivity contribution is -0.142. The van der Waals surface area contributed by atoms with Crippen LogP contribution in [0.1, 0.15) is 24.6 Å². The van der Waals surface area contributed by atoms with Crippen molar-refractivity contribution in [2.45, 2.75) is 31.9 Å². The summed E-state index contributed by atoms with van der Waals surface area (Å²) in [6.45, 7) is 4.85. The van der Waals surface area contributed by atoms with E-state index < -0.39 is 11.9 Å². The number of nitrogens with zero attached hydrogens (tertiary/aromatic N) is 9. The van der Waals surface area contributed by atoms with Crippen LogP contribution in [0.5, 0.6) is 0 Å². The molecule has 6 rings (SSSR count). The number of aliphatic hydroxyl groups is 1. The number of amides is 1. The smallest absolute Gasteiger partial charge is 0.236 e. The van der Waals surface area contributed by atoms with E-state index in [1.165, 1.54) is 23.5 Å². The molecule has 2 saturated heterocycles. The lowest BCUT2D eigenvalue weighted by Gasteiger charge is -2.37. The molecule has 1 atom stereocenters. The SMILES string of the molecule is CCc1nc2sc(N3CCC(N(C)CC(=O)N4CC(O)C4)C3)nn2c1N(C)c1nc(-c2ccc(F)cc2C#N)cs1. The molecule has 14 heteroatoms. The first-order valence-electron chi connectivity index (χ1n) is 13.4. The van der Waals surface area contributed by atoms with Gasteiger partial charge in [0.25, 0.3) is 0 Å². The van der Waals surface area contributed by atoms with Gasteiger partial charge in [-0.2, -0.15) is 9.78 Å². The minimum Gasteiger partial charge on any atom is -0.389 e. The van der Waals surface area contributed by atoms with E-state index in [0.717, 1.165) is 47.5 Å². The summed E-state index contributed by atoms with van der Waals surface area (Å²) in [7, 11) is 3.90. The molecule has 1 aromatic carbocycles. The van der Waals surface area contributed by atoms with Gasteiger partial charge in [0.05, 0.1) is 35.7 Å². The van der Waals surface area contributed by atoms with Crippen molar-refractivity contribution in [2.24, 2.45) is 0 Å². The number of β-amino-alcohol motifs (C(OH)–C–C–N with tert-alkyl or cyclic N) is 1. The van der Waals surface area contributed by atoms with Gasteiger partial charge in [0.15, 0.2) is 10.9 Å². The Bertz CT molecular complexity index is 1640. The maximum absolute atomic E-state index is 13.7. The highest BCUT2D eigenvalue weighted by Gasteiger charge is 2.33. The molecular weight excluding hydrogens is 565 g/mol. The van der Waals surface area contributed by atoms with Crippen LogP contribution in [0.25, 0.3) is 16.2 Å². The second-order valence-corrected chi connectivity index (χ2v) is 12.2. The topological polar surface area (TPSA) is 117 Å². The molecular formula is C27H30FN9O2S2. The third-order valence-corrected chi connectivity index (χ3v) is 9.59. The van der Waals surface area contributed by atoms with Crippen LogP contribution in [0.3, 0.4) is 0 Å². The van der Waals surface area contributed by atoms with Crippen LogP contribution in [0.2, 0.25) is 0 Å². The number of aliphatic hydroxyl groups excluding tert-OH is 1.